The minimum absolute atomic E-state index is 0.0534. The fourth-order valence-electron chi connectivity index (χ4n) is 10.6. The smallest absolute Gasteiger partial charge is 0.260 e. The lowest BCUT2D eigenvalue weighted by Gasteiger charge is -2.33. The van der Waals surface area contributed by atoms with Gasteiger partial charge in [-0.15, -0.1) is 0 Å². The van der Waals surface area contributed by atoms with Crippen molar-refractivity contribution in [2.24, 2.45) is 0 Å². The molecular formula is C58H34B2N4O3S2. The molecular weight excluding hydrogens is 886 g/mol. The molecule has 322 valence electrons. The number of aromatic nitrogens is 4. The molecule has 3 aromatic heterocycles. The van der Waals surface area contributed by atoms with E-state index in [0.717, 1.165) is 95.5 Å². The van der Waals surface area contributed by atoms with Crippen LogP contribution in [0.5, 0.6) is 23.0 Å². The molecule has 0 N–H and O–H groups in total. The maximum absolute atomic E-state index is 6.63. The summed E-state index contributed by atoms with van der Waals surface area (Å²) in [5.41, 5.74) is 16.6. The molecule has 7 nitrogen and oxygen atoms in total. The predicted molar refractivity (Wildman–Crippen MR) is 278 cm³/mol. The Hall–Kier alpha value is -8.11. The van der Waals surface area contributed by atoms with E-state index in [-0.39, 0.29) is 13.4 Å². The van der Waals surface area contributed by atoms with Gasteiger partial charge in [0.15, 0.2) is 0 Å². The van der Waals surface area contributed by atoms with Gasteiger partial charge in [-0.05, 0) is 112 Å². The Morgan fingerprint density at radius 1 is 0.377 bits per heavy atom. The molecule has 11 heteroatoms. The number of rotatable bonds is 6. The molecule has 0 saturated carbocycles. The highest BCUT2D eigenvalue weighted by Crippen LogP contribution is 2.41. The Morgan fingerprint density at radius 3 is 1.59 bits per heavy atom. The maximum Gasteiger partial charge on any atom is 0.260 e. The third-order valence-corrected chi connectivity index (χ3v) is 16.2. The van der Waals surface area contributed by atoms with Crippen LogP contribution < -0.4 is 42.3 Å². The van der Waals surface area contributed by atoms with Crippen molar-refractivity contribution < 1.29 is 13.9 Å². The van der Waals surface area contributed by atoms with Crippen molar-refractivity contribution in [2.75, 3.05) is 0 Å². The SMILES string of the molecule is c1ccc(-c2cnn(-c3ccc4c(c3)B3c5cc(-c6coc(-c7ccc8c(c7)B7c9cc(-n%10cc(-c%11ccccc%11)cn%10)ccc9Sc9cccc(c97)S8)c6)ccc5Oc5cccc(c53)O4)c2)cc1. The Bertz CT molecular complexity index is 3630. The van der Waals surface area contributed by atoms with Crippen LogP contribution in [0, 0.1) is 0 Å². The molecule has 4 aliphatic rings. The number of ether oxygens (including phenoxy) is 2. The third-order valence-electron chi connectivity index (χ3n) is 13.9. The predicted octanol–water partition coefficient (Wildman–Crippen LogP) is 10.5. The van der Waals surface area contributed by atoms with E-state index in [1.165, 1.54) is 36.0 Å². The zero-order valence-electron chi connectivity index (χ0n) is 36.6. The van der Waals surface area contributed by atoms with E-state index in [4.69, 9.17) is 24.1 Å². The molecule has 15 rings (SSSR count). The first-order valence-electron chi connectivity index (χ1n) is 23.0. The van der Waals surface area contributed by atoms with Crippen molar-refractivity contribution in [3.8, 4) is 79.1 Å². The second-order valence-electron chi connectivity index (χ2n) is 17.8. The fourth-order valence-corrected chi connectivity index (χ4v) is 13.0. The number of furan rings is 1. The molecule has 0 atom stereocenters. The number of fused-ring (bicyclic) bond motifs is 8. The van der Waals surface area contributed by atoms with Crippen molar-refractivity contribution in [3.05, 3.63) is 207 Å². The first kappa shape index (κ1) is 38.9. The quantitative estimate of drug-likeness (QED) is 0.154. The fraction of sp³-hybridized carbons (Fsp3) is 0. The second kappa shape index (κ2) is 15.2. The van der Waals surface area contributed by atoms with Gasteiger partial charge in [-0.1, -0.05) is 132 Å². The third kappa shape index (κ3) is 6.27. The van der Waals surface area contributed by atoms with Gasteiger partial charge < -0.3 is 13.9 Å². The molecule has 4 aliphatic heterocycles. The van der Waals surface area contributed by atoms with E-state index in [9.17, 15) is 0 Å². The number of nitrogens with zero attached hydrogens (tertiary/aromatic N) is 4. The van der Waals surface area contributed by atoms with Crippen LogP contribution in [0.3, 0.4) is 0 Å². The van der Waals surface area contributed by atoms with E-state index >= 15 is 0 Å². The minimum atomic E-state index is -0.124. The van der Waals surface area contributed by atoms with Gasteiger partial charge in [0.25, 0.3) is 6.71 Å². The van der Waals surface area contributed by atoms with E-state index in [2.05, 4.69) is 158 Å². The highest BCUT2D eigenvalue weighted by molar-refractivity contribution is 8.01. The summed E-state index contributed by atoms with van der Waals surface area (Å²) in [6, 6.07) is 62.2. The first-order chi connectivity index (χ1) is 34.1. The second-order valence-corrected chi connectivity index (χ2v) is 20.0. The summed E-state index contributed by atoms with van der Waals surface area (Å²) in [7, 11) is 0. The van der Waals surface area contributed by atoms with Gasteiger partial charge in [-0.25, -0.2) is 9.36 Å². The number of benzene rings is 8. The lowest BCUT2D eigenvalue weighted by molar-refractivity contribution is 0.464. The minimum Gasteiger partial charge on any atom is -0.464 e. The molecule has 11 aromatic rings. The highest BCUT2D eigenvalue weighted by Gasteiger charge is 2.41. The van der Waals surface area contributed by atoms with Crippen LogP contribution >= 0.6 is 23.5 Å². The summed E-state index contributed by atoms with van der Waals surface area (Å²) >= 11 is 3.71. The van der Waals surface area contributed by atoms with Crippen LogP contribution in [0.2, 0.25) is 0 Å². The number of hydrogen-bond acceptors (Lipinski definition) is 7. The van der Waals surface area contributed by atoms with E-state index in [1.54, 1.807) is 0 Å². The molecule has 0 saturated heterocycles. The lowest BCUT2D eigenvalue weighted by atomic mass is 9.34. The summed E-state index contributed by atoms with van der Waals surface area (Å²) in [5, 5.41) is 9.61. The summed E-state index contributed by atoms with van der Waals surface area (Å²) in [6.45, 7) is -0.0704. The van der Waals surface area contributed by atoms with Gasteiger partial charge >= 0.3 is 0 Å². The van der Waals surface area contributed by atoms with E-state index in [0.29, 0.717) is 0 Å². The molecule has 0 spiro atoms. The van der Waals surface area contributed by atoms with Crippen molar-refractivity contribution in [1.29, 1.82) is 0 Å². The van der Waals surface area contributed by atoms with Gasteiger partial charge in [0.1, 0.15) is 28.8 Å². The maximum atomic E-state index is 6.63. The normalized spacial score (nSPS) is 13.3. The standard InChI is InChI=1S/C58H34B2N4O3S2/c1-3-9-35(10-4-1)40-30-61-63(32-40)42-19-22-49-45(28-42)59-44-25-37(17-21-48(44)66-50-13-7-14-51(67-49)57(50)59)39-27-52(65-34-39)38-18-23-53-46(26-38)60-47-29-43(64-33-41(31-62-64)36-11-5-2-6-12-36)20-24-54(47)69-56-16-8-15-55(68-53)58(56)60/h1-34H. The monoisotopic (exact) mass is 920 g/mol. The van der Waals surface area contributed by atoms with Crippen LogP contribution in [0.4, 0.5) is 0 Å². The van der Waals surface area contributed by atoms with E-state index < -0.39 is 0 Å². The Labute approximate surface area is 406 Å². The first-order valence-corrected chi connectivity index (χ1v) is 24.6. The van der Waals surface area contributed by atoms with Crippen molar-refractivity contribution in [1.82, 2.24) is 19.6 Å². The van der Waals surface area contributed by atoms with Gasteiger partial charge in [0.2, 0.25) is 6.71 Å². The highest BCUT2D eigenvalue weighted by atomic mass is 32.2. The van der Waals surface area contributed by atoms with Crippen molar-refractivity contribution in [3.63, 3.8) is 0 Å². The topological polar surface area (TPSA) is 67.2 Å². The lowest BCUT2D eigenvalue weighted by Crippen LogP contribution is -2.58. The summed E-state index contributed by atoms with van der Waals surface area (Å²) in [5.74, 6) is 4.07. The molecule has 7 heterocycles. The summed E-state index contributed by atoms with van der Waals surface area (Å²) in [4.78, 5) is 5.13. The Morgan fingerprint density at radius 2 is 0.913 bits per heavy atom. The Kier molecular flexibility index (Phi) is 8.58. The van der Waals surface area contributed by atoms with Crippen LogP contribution in [-0.4, -0.2) is 33.0 Å². The largest absolute Gasteiger partial charge is 0.464 e. The van der Waals surface area contributed by atoms with Crippen molar-refractivity contribution in [2.45, 2.75) is 19.6 Å². The zero-order valence-corrected chi connectivity index (χ0v) is 38.2. The summed E-state index contributed by atoms with van der Waals surface area (Å²) < 4.78 is 23.7. The van der Waals surface area contributed by atoms with Gasteiger partial charge in [0.05, 0.1) is 30.0 Å². The molecule has 0 aliphatic carbocycles. The molecule has 0 amide bonds. The summed E-state index contributed by atoms with van der Waals surface area (Å²) in [6.07, 6.45) is 9.95. The van der Waals surface area contributed by atoms with Crippen LogP contribution in [0.15, 0.2) is 231 Å². The molecule has 0 bridgehead atoms. The number of hydrogen-bond donors (Lipinski definition) is 0. The molecule has 69 heavy (non-hydrogen) atoms. The van der Waals surface area contributed by atoms with Crippen LogP contribution in [0.25, 0.3) is 56.1 Å². The van der Waals surface area contributed by atoms with Gasteiger partial charge in [-0.2, -0.15) is 10.2 Å². The zero-order chi connectivity index (χ0) is 45.2. The van der Waals surface area contributed by atoms with Crippen LogP contribution in [-0.2, 0) is 0 Å². The van der Waals surface area contributed by atoms with E-state index in [1.807, 2.05) is 81.9 Å². The molecule has 0 unspecified atom stereocenters. The average Bonchev–Trinajstić information content (AvgIpc) is 4.22. The molecule has 8 aromatic carbocycles. The van der Waals surface area contributed by atoms with Gasteiger partial charge in [-0.3, -0.25) is 0 Å². The van der Waals surface area contributed by atoms with Crippen LogP contribution in [0.1, 0.15) is 0 Å². The van der Waals surface area contributed by atoms with Crippen molar-refractivity contribution >= 4 is 69.7 Å². The molecule has 0 fully saturated rings. The Balaban J connectivity index is 0.787. The molecule has 0 radical (unpaired) electrons. The average molecular weight is 921 g/mol. The van der Waals surface area contributed by atoms with Gasteiger partial charge in [0, 0.05) is 59.7 Å².